The first-order valence-electron chi connectivity index (χ1n) is 13.6. The van der Waals surface area contributed by atoms with Gasteiger partial charge in [-0.3, -0.25) is 4.79 Å². The molecule has 0 unspecified atom stereocenters. The summed E-state index contributed by atoms with van der Waals surface area (Å²) >= 11 is 0. The number of unbranched alkanes of at least 4 members (excludes halogenated alkanes) is 12. The van der Waals surface area contributed by atoms with Crippen molar-refractivity contribution in [3.63, 3.8) is 0 Å². The van der Waals surface area contributed by atoms with E-state index < -0.39 is 0 Å². The smallest absolute Gasteiger partial charge is 0.305 e. The van der Waals surface area contributed by atoms with E-state index in [2.05, 4.69) is 62.5 Å². The maximum absolute atomic E-state index is 11.8. The molecule has 0 N–H and O–H groups in total. The molecule has 0 aliphatic heterocycles. The Morgan fingerprint density at radius 2 is 1.00 bits per heavy atom. The Hall–Kier alpha value is -1.57. The van der Waals surface area contributed by atoms with Crippen LogP contribution in [0.1, 0.15) is 129 Å². The molecule has 0 radical (unpaired) electrons. The SMILES string of the molecule is CCCC/C=C\CC/C=C\CCCCCCCC(=O)OCCCC/C=C/C=C/CCCC. The second-order valence-electron chi connectivity index (χ2n) is 8.68. The fourth-order valence-electron chi connectivity index (χ4n) is 3.34. The lowest BCUT2D eigenvalue weighted by Crippen LogP contribution is -2.05. The molecular formula is C30H52O2. The standard InChI is InChI=1S/C30H52O2/c1-3-5-7-9-11-13-15-16-17-18-19-20-22-24-26-28-30(31)32-29-27-25-23-21-14-12-10-8-6-4-2/h9-12,14,16-17,21H,3-8,13,15,18-20,22-29H2,1-2H3/b11-9-,12-10+,17-16-,21-14+. The first-order chi connectivity index (χ1) is 15.8. The molecule has 0 rings (SSSR count). The van der Waals surface area contributed by atoms with E-state index in [1.165, 1.54) is 70.6 Å². The molecule has 2 heteroatoms. The number of esters is 1. The molecule has 0 bridgehead atoms. The van der Waals surface area contributed by atoms with Crippen molar-refractivity contribution in [3.05, 3.63) is 48.6 Å². The average molecular weight is 445 g/mol. The summed E-state index contributed by atoms with van der Waals surface area (Å²) in [6.45, 7) is 5.02. The molecule has 0 heterocycles. The van der Waals surface area contributed by atoms with Gasteiger partial charge in [-0.25, -0.2) is 0 Å². The predicted molar refractivity (Wildman–Crippen MR) is 142 cm³/mol. The van der Waals surface area contributed by atoms with Gasteiger partial charge in [0.2, 0.25) is 0 Å². The number of carbonyl (C=O) groups excluding carboxylic acids is 1. The number of hydrogen-bond donors (Lipinski definition) is 0. The number of allylic oxidation sites excluding steroid dienone is 8. The van der Waals surface area contributed by atoms with Crippen LogP contribution in [0.4, 0.5) is 0 Å². The molecule has 0 aromatic heterocycles. The molecule has 2 nitrogen and oxygen atoms in total. The van der Waals surface area contributed by atoms with E-state index in [1.807, 2.05) is 0 Å². The maximum Gasteiger partial charge on any atom is 0.305 e. The molecule has 0 aromatic rings. The highest BCUT2D eigenvalue weighted by atomic mass is 16.5. The summed E-state index contributed by atoms with van der Waals surface area (Å²) in [5.74, 6) is -0.0222. The number of carbonyl (C=O) groups is 1. The van der Waals surface area contributed by atoms with Crippen molar-refractivity contribution in [1.29, 1.82) is 0 Å². The molecule has 0 amide bonds. The van der Waals surface area contributed by atoms with Gasteiger partial charge in [-0.1, -0.05) is 107 Å². The van der Waals surface area contributed by atoms with Crippen LogP contribution in [-0.4, -0.2) is 12.6 Å². The van der Waals surface area contributed by atoms with E-state index in [1.54, 1.807) is 0 Å². The van der Waals surface area contributed by atoms with Gasteiger partial charge in [0.25, 0.3) is 0 Å². The summed E-state index contributed by atoms with van der Waals surface area (Å²) < 4.78 is 5.34. The van der Waals surface area contributed by atoms with Crippen molar-refractivity contribution < 1.29 is 9.53 Å². The van der Waals surface area contributed by atoms with Crippen LogP contribution in [0.15, 0.2) is 48.6 Å². The van der Waals surface area contributed by atoms with E-state index in [0.717, 1.165) is 38.5 Å². The van der Waals surface area contributed by atoms with Crippen LogP contribution in [0.3, 0.4) is 0 Å². The van der Waals surface area contributed by atoms with Crippen LogP contribution in [0.2, 0.25) is 0 Å². The maximum atomic E-state index is 11.8. The third-order valence-electron chi connectivity index (χ3n) is 5.45. The molecule has 32 heavy (non-hydrogen) atoms. The lowest BCUT2D eigenvalue weighted by molar-refractivity contribution is -0.143. The average Bonchev–Trinajstić information content (AvgIpc) is 2.80. The molecule has 0 aromatic carbocycles. The van der Waals surface area contributed by atoms with Gasteiger partial charge in [-0.05, 0) is 64.2 Å². The summed E-state index contributed by atoms with van der Waals surface area (Å²) in [5, 5.41) is 0. The van der Waals surface area contributed by atoms with E-state index in [0.29, 0.717) is 13.0 Å². The molecule has 0 aliphatic carbocycles. The summed E-state index contributed by atoms with van der Waals surface area (Å²) in [7, 11) is 0. The quantitative estimate of drug-likeness (QED) is 0.0678. The van der Waals surface area contributed by atoms with Gasteiger partial charge in [0.15, 0.2) is 0 Å². The summed E-state index contributed by atoms with van der Waals surface area (Å²) in [4.78, 5) is 11.8. The molecule has 0 fully saturated rings. The Balaban J connectivity index is 3.33. The lowest BCUT2D eigenvalue weighted by Gasteiger charge is -2.04. The highest BCUT2D eigenvalue weighted by Gasteiger charge is 2.02. The molecule has 0 atom stereocenters. The minimum atomic E-state index is -0.0222. The van der Waals surface area contributed by atoms with Crippen molar-refractivity contribution in [3.8, 4) is 0 Å². The van der Waals surface area contributed by atoms with Gasteiger partial charge in [0.05, 0.1) is 6.61 Å². The van der Waals surface area contributed by atoms with Crippen LogP contribution in [-0.2, 0) is 9.53 Å². The second-order valence-corrected chi connectivity index (χ2v) is 8.68. The number of hydrogen-bond acceptors (Lipinski definition) is 2. The third kappa shape index (κ3) is 26.5. The Morgan fingerprint density at radius 1 is 0.531 bits per heavy atom. The topological polar surface area (TPSA) is 26.3 Å². The summed E-state index contributed by atoms with van der Waals surface area (Å²) in [5.41, 5.74) is 0. The fourth-order valence-corrected chi connectivity index (χ4v) is 3.34. The van der Waals surface area contributed by atoms with Crippen LogP contribution in [0, 0.1) is 0 Å². The lowest BCUT2D eigenvalue weighted by atomic mass is 10.1. The van der Waals surface area contributed by atoms with E-state index in [4.69, 9.17) is 4.74 Å². The largest absolute Gasteiger partial charge is 0.466 e. The zero-order chi connectivity index (χ0) is 23.4. The fraction of sp³-hybridized carbons (Fsp3) is 0.700. The van der Waals surface area contributed by atoms with Crippen LogP contribution in [0.25, 0.3) is 0 Å². The normalized spacial score (nSPS) is 12.2. The van der Waals surface area contributed by atoms with E-state index in [-0.39, 0.29) is 5.97 Å². The minimum Gasteiger partial charge on any atom is -0.466 e. The van der Waals surface area contributed by atoms with Gasteiger partial charge in [-0.15, -0.1) is 0 Å². The van der Waals surface area contributed by atoms with Crippen LogP contribution < -0.4 is 0 Å². The molecule has 0 saturated carbocycles. The summed E-state index contributed by atoms with van der Waals surface area (Å²) in [6.07, 6.45) is 38.5. The molecular weight excluding hydrogens is 392 g/mol. The molecule has 0 spiro atoms. The Morgan fingerprint density at radius 3 is 1.66 bits per heavy atom. The first kappa shape index (κ1) is 30.4. The van der Waals surface area contributed by atoms with E-state index >= 15 is 0 Å². The zero-order valence-electron chi connectivity index (χ0n) is 21.4. The van der Waals surface area contributed by atoms with Gasteiger partial charge < -0.3 is 4.74 Å². The van der Waals surface area contributed by atoms with Gasteiger partial charge in [-0.2, -0.15) is 0 Å². The highest BCUT2D eigenvalue weighted by molar-refractivity contribution is 5.69. The van der Waals surface area contributed by atoms with Crippen molar-refractivity contribution in [2.24, 2.45) is 0 Å². The van der Waals surface area contributed by atoms with Crippen molar-refractivity contribution in [2.45, 2.75) is 129 Å². The Bertz CT molecular complexity index is 499. The third-order valence-corrected chi connectivity index (χ3v) is 5.45. The second kappa shape index (κ2) is 27.5. The van der Waals surface area contributed by atoms with Crippen LogP contribution >= 0.6 is 0 Å². The summed E-state index contributed by atoms with van der Waals surface area (Å²) in [6, 6.07) is 0. The van der Waals surface area contributed by atoms with Crippen molar-refractivity contribution in [1.82, 2.24) is 0 Å². The van der Waals surface area contributed by atoms with Crippen LogP contribution in [0.5, 0.6) is 0 Å². The monoisotopic (exact) mass is 444 g/mol. The van der Waals surface area contributed by atoms with Gasteiger partial charge in [0, 0.05) is 6.42 Å². The predicted octanol–water partition coefficient (Wildman–Crippen LogP) is 9.82. The number of rotatable bonds is 23. The highest BCUT2D eigenvalue weighted by Crippen LogP contribution is 2.09. The van der Waals surface area contributed by atoms with Crippen molar-refractivity contribution >= 4 is 5.97 Å². The van der Waals surface area contributed by atoms with Crippen molar-refractivity contribution in [2.75, 3.05) is 6.61 Å². The number of ether oxygens (including phenoxy) is 1. The minimum absolute atomic E-state index is 0.0222. The molecule has 184 valence electrons. The Kier molecular flexibility index (Phi) is 26.1. The van der Waals surface area contributed by atoms with Gasteiger partial charge >= 0.3 is 5.97 Å². The van der Waals surface area contributed by atoms with Gasteiger partial charge in [0.1, 0.15) is 0 Å². The van der Waals surface area contributed by atoms with E-state index in [9.17, 15) is 4.79 Å². The zero-order valence-corrected chi connectivity index (χ0v) is 21.4. The molecule has 0 aliphatic rings. The Labute approximate surface area is 200 Å². The molecule has 0 saturated heterocycles. The first-order valence-corrected chi connectivity index (χ1v) is 13.6.